The van der Waals surface area contributed by atoms with Gasteiger partial charge in [-0.05, 0) is 42.5 Å². The Balaban J connectivity index is 1.37. The summed E-state index contributed by atoms with van der Waals surface area (Å²) >= 11 is 0. The molecule has 4 N–H and O–H groups in total. The summed E-state index contributed by atoms with van der Waals surface area (Å²) in [5, 5.41) is 10.5. The molecule has 0 aliphatic rings. The van der Waals surface area contributed by atoms with Crippen LogP contribution in [0.4, 0.5) is 0 Å². The molecule has 6 heteroatoms. The molecule has 2 aromatic carbocycles. The number of amides is 1. The van der Waals surface area contributed by atoms with E-state index in [9.17, 15) is 4.79 Å². The second-order valence-corrected chi connectivity index (χ2v) is 7.05. The van der Waals surface area contributed by atoms with Crippen LogP contribution in [0.1, 0.15) is 16.7 Å². The number of aromatic amines is 1. The number of H-pyrrole nitrogens is 1. The van der Waals surface area contributed by atoms with Crippen molar-refractivity contribution in [3.8, 4) is 0 Å². The van der Waals surface area contributed by atoms with Gasteiger partial charge in [-0.25, -0.2) is 0 Å². The summed E-state index contributed by atoms with van der Waals surface area (Å²) in [5.74, 6) is 0.578. The number of nitrogens with zero attached hydrogens (tertiary/aromatic N) is 1. The smallest absolute Gasteiger partial charge is 0.239 e. The molecule has 1 heterocycles. The third kappa shape index (κ3) is 6.10. The van der Waals surface area contributed by atoms with Gasteiger partial charge in [-0.15, -0.1) is 0 Å². The van der Waals surface area contributed by atoms with E-state index in [1.807, 2.05) is 18.2 Å². The van der Waals surface area contributed by atoms with Crippen molar-refractivity contribution in [1.29, 1.82) is 0 Å². The highest BCUT2D eigenvalue weighted by Crippen LogP contribution is 2.19. The highest BCUT2D eigenvalue weighted by atomic mass is 16.1. The van der Waals surface area contributed by atoms with E-state index in [4.69, 9.17) is 0 Å². The molecule has 0 fully saturated rings. The van der Waals surface area contributed by atoms with Gasteiger partial charge in [0.1, 0.15) is 0 Å². The number of aromatic nitrogens is 1. The number of rotatable bonds is 8. The molecule has 1 aromatic heterocycles. The molecular formula is C23H29N5O. The predicted octanol–water partition coefficient (Wildman–Crippen LogP) is 2.54. The van der Waals surface area contributed by atoms with Crippen LogP contribution in [-0.2, 0) is 17.6 Å². The molecule has 3 rings (SSSR count). The van der Waals surface area contributed by atoms with Crippen LogP contribution in [-0.4, -0.2) is 43.5 Å². The third-order valence-corrected chi connectivity index (χ3v) is 4.83. The number of hydrogen-bond donors (Lipinski definition) is 4. The summed E-state index contributed by atoms with van der Waals surface area (Å²) in [5.41, 5.74) is 4.89. The summed E-state index contributed by atoms with van der Waals surface area (Å²) in [6.45, 7) is 3.64. The van der Waals surface area contributed by atoms with Gasteiger partial charge in [0.2, 0.25) is 5.91 Å². The fourth-order valence-corrected chi connectivity index (χ4v) is 3.26. The van der Waals surface area contributed by atoms with Crippen molar-refractivity contribution in [2.24, 2.45) is 4.99 Å². The molecule has 3 aromatic rings. The topological polar surface area (TPSA) is 81.3 Å². The predicted molar refractivity (Wildman–Crippen MR) is 119 cm³/mol. The summed E-state index contributed by atoms with van der Waals surface area (Å²) in [4.78, 5) is 19.5. The molecule has 152 valence electrons. The number of guanidine groups is 1. The number of aliphatic imine (C=N–C) groups is 1. The maximum atomic E-state index is 12.0. The number of aryl methyl sites for hydroxylation is 1. The van der Waals surface area contributed by atoms with Gasteiger partial charge in [0.15, 0.2) is 5.96 Å². The Hall–Kier alpha value is -3.28. The molecule has 6 nitrogen and oxygen atoms in total. The molecule has 0 radical (unpaired) electrons. The van der Waals surface area contributed by atoms with E-state index in [0.29, 0.717) is 12.5 Å². The van der Waals surface area contributed by atoms with Gasteiger partial charge in [-0.1, -0.05) is 42.5 Å². The lowest BCUT2D eigenvalue weighted by Crippen LogP contribution is -2.44. The number of fused-ring (bicyclic) bond motifs is 1. The van der Waals surface area contributed by atoms with Crippen LogP contribution in [0.15, 0.2) is 59.7 Å². The average Bonchev–Trinajstić information content (AvgIpc) is 3.13. The van der Waals surface area contributed by atoms with Crippen molar-refractivity contribution in [2.45, 2.75) is 19.8 Å². The van der Waals surface area contributed by atoms with Gasteiger partial charge >= 0.3 is 0 Å². The van der Waals surface area contributed by atoms with E-state index in [2.05, 4.69) is 69.4 Å². The molecule has 0 aliphatic heterocycles. The van der Waals surface area contributed by atoms with E-state index in [1.54, 1.807) is 7.05 Å². The Morgan fingerprint density at radius 2 is 1.79 bits per heavy atom. The number of benzene rings is 2. The van der Waals surface area contributed by atoms with Gasteiger partial charge in [0.05, 0.1) is 6.54 Å². The molecule has 0 aliphatic carbocycles. The van der Waals surface area contributed by atoms with E-state index >= 15 is 0 Å². The Morgan fingerprint density at radius 1 is 1.00 bits per heavy atom. The van der Waals surface area contributed by atoms with Crippen LogP contribution in [0.2, 0.25) is 0 Å². The molecule has 0 bridgehead atoms. The number of nitrogens with one attached hydrogen (secondary N) is 4. The minimum absolute atomic E-state index is 0.0455. The van der Waals surface area contributed by atoms with Crippen LogP contribution in [0.25, 0.3) is 10.9 Å². The van der Waals surface area contributed by atoms with Gasteiger partial charge in [-0.3, -0.25) is 9.79 Å². The van der Waals surface area contributed by atoms with Crippen LogP contribution < -0.4 is 16.0 Å². The first kappa shape index (κ1) is 20.5. The normalized spacial score (nSPS) is 11.4. The lowest BCUT2D eigenvalue weighted by Gasteiger charge is -2.12. The van der Waals surface area contributed by atoms with Crippen LogP contribution in [0.5, 0.6) is 0 Å². The Morgan fingerprint density at radius 3 is 2.59 bits per heavy atom. The quantitative estimate of drug-likeness (QED) is 0.352. The fraction of sp³-hybridized carbons (Fsp3) is 0.304. The van der Waals surface area contributed by atoms with E-state index in [0.717, 1.165) is 24.9 Å². The van der Waals surface area contributed by atoms with E-state index in [-0.39, 0.29) is 12.5 Å². The zero-order valence-corrected chi connectivity index (χ0v) is 17.1. The van der Waals surface area contributed by atoms with Crippen molar-refractivity contribution in [1.82, 2.24) is 20.9 Å². The summed E-state index contributed by atoms with van der Waals surface area (Å²) in [7, 11) is 1.71. The van der Waals surface area contributed by atoms with Crippen LogP contribution in [0.3, 0.4) is 0 Å². The number of carbonyl (C=O) groups is 1. The molecule has 0 unspecified atom stereocenters. The maximum Gasteiger partial charge on any atom is 0.239 e. The minimum Gasteiger partial charge on any atom is -0.361 e. The Bertz CT molecular complexity index is 962. The van der Waals surface area contributed by atoms with Crippen molar-refractivity contribution in [3.05, 3.63) is 71.4 Å². The lowest BCUT2D eigenvalue weighted by atomic mass is 10.1. The molecule has 1 amide bonds. The Labute approximate surface area is 171 Å². The monoisotopic (exact) mass is 391 g/mol. The maximum absolute atomic E-state index is 12.0. The minimum atomic E-state index is -0.0455. The highest BCUT2D eigenvalue weighted by molar-refractivity contribution is 5.86. The molecular weight excluding hydrogens is 362 g/mol. The van der Waals surface area contributed by atoms with E-state index in [1.165, 1.54) is 22.1 Å². The summed E-state index contributed by atoms with van der Waals surface area (Å²) in [6.07, 6.45) is 3.75. The zero-order valence-electron chi connectivity index (χ0n) is 17.1. The first-order valence-electron chi connectivity index (χ1n) is 9.97. The summed E-state index contributed by atoms with van der Waals surface area (Å²) < 4.78 is 0. The lowest BCUT2D eigenvalue weighted by molar-refractivity contribution is -0.119. The summed E-state index contributed by atoms with van der Waals surface area (Å²) in [6, 6.07) is 16.6. The largest absolute Gasteiger partial charge is 0.361 e. The first-order valence-corrected chi connectivity index (χ1v) is 9.97. The van der Waals surface area contributed by atoms with Gasteiger partial charge in [0.25, 0.3) is 0 Å². The first-order chi connectivity index (χ1) is 14.2. The van der Waals surface area contributed by atoms with E-state index < -0.39 is 0 Å². The average molecular weight is 392 g/mol. The van der Waals surface area contributed by atoms with Crippen LogP contribution in [0, 0.1) is 6.92 Å². The van der Waals surface area contributed by atoms with Crippen molar-refractivity contribution >= 4 is 22.8 Å². The molecule has 0 saturated heterocycles. The second-order valence-electron chi connectivity index (χ2n) is 7.05. The van der Waals surface area contributed by atoms with Crippen LogP contribution >= 0.6 is 0 Å². The second kappa shape index (κ2) is 10.3. The Kier molecular flexibility index (Phi) is 7.28. The molecule has 0 saturated carbocycles. The number of carbonyl (C=O) groups excluding carboxylic acids is 1. The molecule has 0 atom stereocenters. The zero-order chi connectivity index (χ0) is 20.5. The molecule has 29 heavy (non-hydrogen) atoms. The molecule has 0 spiro atoms. The SMILES string of the molecule is CN=C(NCCc1c[nH]c2cc(C)ccc12)NCC(=O)NCCc1ccccc1. The number of hydrogen-bond acceptors (Lipinski definition) is 2. The van der Waals surface area contributed by atoms with Gasteiger partial charge < -0.3 is 20.9 Å². The fourth-order valence-electron chi connectivity index (χ4n) is 3.26. The van der Waals surface area contributed by atoms with Crippen molar-refractivity contribution < 1.29 is 4.79 Å². The van der Waals surface area contributed by atoms with Gasteiger partial charge in [0, 0.05) is 37.2 Å². The third-order valence-electron chi connectivity index (χ3n) is 4.83. The standard InChI is InChI=1S/C23H29N5O/c1-17-8-9-20-19(15-27-21(20)14-17)11-13-26-23(24-2)28-16-22(29)25-12-10-18-6-4-3-5-7-18/h3-9,14-15,27H,10-13,16H2,1-2H3,(H,25,29)(H2,24,26,28). The highest BCUT2D eigenvalue weighted by Gasteiger charge is 2.06. The van der Waals surface area contributed by atoms with Crippen molar-refractivity contribution in [2.75, 3.05) is 26.7 Å². The van der Waals surface area contributed by atoms with Crippen molar-refractivity contribution in [3.63, 3.8) is 0 Å². The van der Waals surface area contributed by atoms with Gasteiger partial charge in [-0.2, -0.15) is 0 Å².